The normalized spacial score (nSPS) is 17.2. The number of amides is 1. The monoisotopic (exact) mass is 432 g/mol. The van der Waals surface area contributed by atoms with E-state index in [-0.39, 0.29) is 35.3 Å². The summed E-state index contributed by atoms with van der Waals surface area (Å²) in [5.74, 6) is 0.571. The highest BCUT2D eigenvalue weighted by Crippen LogP contribution is 2.34. The number of piperazine rings is 1. The molecule has 166 valence electrons. The van der Waals surface area contributed by atoms with Crippen LogP contribution >= 0.6 is 0 Å². The maximum absolute atomic E-state index is 12.5. The Morgan fingerprint density at radius 2 is 2.00 bits per heavy atom. The van der Waals surface area contributed by atoms with Crippen LogP contribution in [0.15, 0.2) is 29.1 Å². The van der Waals surface area contributed by atoms with E-state index < -0.39 is 4.92 Å². The minimum atomic E-state index is -0.454. The lowest BCUT2D eigenvalue weighted by Gasteiger charge is -2.34. The molecule has 0 bridgehead atoms. The number of carbonyl (C=O) groups excluding carboxylic acids is 1. The topological polar surface area (TPSA) is 127 Å². The smallest absolute Gasteiger partial charge is 0.353 e. The number of aromatic nitrogens is 2. The lowest BCUT2D eigenvalue weighted by molar-refractivity contribution is -0.383. The molecule has 0 N–H and O–H groups in total. The van der Waals surface area contributed by atoms with Crippen molar-refractivity contribution in [2.75, 3.05) is 62.8 Å². The zero-order valence-corrected chi connectivity index (χ0v) is 17.2. The summed E-state index contributed by atoms with van der Waals surface area (Å²) in [4.78, 5) is 37.5. The molecule has 12 nitrogen and oxygen atoms in total. The second kappa shape index (κ2) is 9.27. The first kappa shape index (κ1) is 21.0. The van der Waals surface area contributed by atoms with Crippen LogP contribution in [-0.2, 0) is 9.47 Å². The summed E-state index contributed by atoms with van der Waals surface area (Å²) in [5, 5.41) is 11.9. The highest BCUT2D eigenvalue weighted by atomic mass is 16.7. The van der Waals surface area contributed by atoms with Crippen LogP contribution in [0.25, 0.3) is 0 Å². The Morgan fingerprint density at radius 3 is 2.65 bits per heavy atom. The molecule has 2 fully saturated rings. The van der Waals surface area contributed by atoms with Crippen LogP contribution in [-0.4, -0.2) is 85.0 Å². The summed E-state index contributed by atoms with van der Waals surface area (Å²) in [5.41, 5.74) is -0.149. The average molecular weight is 432 g/mol. The highest BCUT2D eigenvalue weighted by Gasteiger charge is 2.32. The molecule has 0 unspecified atom stereocenters. The minimum absolute atomic E-state index is 0.149. The van der Waals surface area contributed by atoms with E-state index in [1.807, 2.05) is 4.90 Å². The molecule has 0 saturated carbocycles. The number of carbonyl (C=O) groups is 1. The molecular formula is C19H24N6O6. The zero-order chi connectivity index (χ0) is 21.8. The molecule has 31 heavy (non-hydrogen) atoms. The van der Waals surface area contributed by atoms with E-state index in [2.05, 4.69) is 9.97 Å². The molecular weight excluding hydrogens is 408 g/mol. The van der Waals surface area contributed by atoms with E-state index >= 15 is 0 Å². The number of furan rings is 1. The third-order valence-electron chi connectivity index (χ3n) is 5.32. The van der Waals surface area contributed by atoms with Crippen LogP contribution in [0.3, 0.4) is 0 Å². The Kier molecular flexibility index (Phi) is 6.28. The van der Waals surface area contributed by atoms with Crippen molar-refractivity contribution < 1.29 is 23.6 Å². The van der Waals surface area contributed by atoms with Gasteiger partial charge in [-0.05, 0) is 12.1 Å². The first-order chi connectivity index (χ1) is 15.0. The van der Waals surface area contributed by atoms with Gasteiger partial charge in [-0.15, -0.1) is 0 Å². The van der Waals surface area contributed by atoms with E-state index in [0.29, 0.717) is 52.4 Å². The van der Waals surface area contributed by atoms with Crippen LogP contribution in [0.4, 0.5) is 17.3 Å². The third kappa shape index (κ3) is 4.59. The predicted octanol–water partition coefficient (Wildman–Crippen LogP) is 1.14. The fourth-order valence-electron chi connectivity index (χ4n) is 3.69. The van der Waals surface area contributed by atoms with Crippen LogP contribution in [0.5, 0.6) is 0 Å². The number of hydrogen-bond donors (Lipinski definition) is 0. The number of nitro groups is 1. The lowest BCUT2D eigenvalue weighted by Crippen LogP contribution is -2.49. The number of anilines is 2. The van der Waals surface area contributed by atoms with E-state index in [9.17, 15) is 14.9 Å². The molecule has 0 aliphatic carbocycles. The fourth-order valence-corrected chi connectivity index (χ4v) is 3.69. The molecule has 12 heteroatoms. The largest absolute Gasteiger partial charge is 0.459 e. The van der Waals surface area contributed by atoms with Crippen molar-refractivity contribution in [1.82, 2.24) is 14.9 Å². The summed E-state index contributed by atoms with van der Waals surface area (Å²) in [7, 11) is 1.74. The summed E-state index contributed by atoms with van der Waals surface area (Å²) in [6.07, 6.45) is 3.05. The van der Waals surface area contributed by atoms with Gasteiger partial charge < -0.3 is 28.6 Å². The first-order valence-corrected chi connectivity index (χ1v) is 10.1. The van der Waals surface area contributed by atoms with Gasteiger partial charge in [-0.25, -0.2) is 9.97 Å². The predicted molar refractivity (Wildman–Crippen MR) is 109 cm³/mol. The summed E-state index contributed by atoms with van der Waals surface area (Å²) in [6, 6.07) is 3.28. The Balaban J connectivity index is 1.46. The van der Waals surface area contributed by atoms with Crippen molar-refractivity contribution in [1.29, 1.82) is 0 Å². The van der Waals surface area contributed by atoms with Crippen molar-refractivity contribution in [3.05, 3.63) is 40.6 Å². The van der Waals surface area contributed by atoms with Crippen molar-refractivity contribution in [3.63, 3.8) is 0 Å². The third-order valence-corrected chi connectivity index (χ3v) is 5.32. The Labute approximate surface area is 178 Å². The molecule has 0 radical (unpaired) electrons. The van der Waals surface area contributed by atoms with Crippen LogP contribution in [0.1, 0.15) is 17.0 Å². The van der Waals surface area contributed by atoms with Gasteiger partial charge in [0.2, 0.25) is 11.6 Å². The van der Waals surface area contributed by atoms with E-state index in [1.165, 1.54) is 12.6 Å². The Hall–Kier alpha value is -3.25. The quantitative estimate of drug-likeness (QED) is 0.464. The molecule has 4 heterocycles. The number of rotatable bonds is 7. The maximum Gasteiger partial charge on any atom is 0.353 e. The molecule has 2 saturated heterocycles. The first-order valence-electron chi connectivity index (χ1n) is 10.1. The average Bonchev–Trinajstić information content (AvgIpc) is 3.51. The standard InChI is InChI=1S/C19H24N6O6/c1-22(5-4-15-30-11-12-31-15)17-16(25(27)28)18(21-13-20-17)23-6-8-24(9-7-23)19(26)14-3-2-10-29-14/h2-3,10,13,15H,4-9,11-12H2,1H3. The van der Waals surface area contributed by atoms with Gasteiger partial charge in [-0.1, -0.05) is 0 Å². The fraction of sp³-hybridized carbons (Fsp3) is 0.526. The van der Waals surface area contributed by atoms with Gasteiger partial charge in [-0.2, -0.15) is 0 Å². The van der Waals surface area contributed by atoms with Crippen molar-refractivity contribution in [2.45, 2.75) is 12.7 Å². The van der Waals surface area contributed by atoms with E-state index in [0.717, 1.165) is 0 Å². The van der Waals surface area contributed by atoms with Gasteiger partial charge in [0.25, 0.3) is 5.91 Å². The molecule has 2 aromatic heterocycles. The van der Waals surface area contributed by atoms with Gasteiger partial charge in [0, 0.05) is 46.2 Å². The summed E-state index contributed by atoms with van der Waals surface area (Å²) < 4.78 is 16.0. The van der Waals surface area contributed by atoms with Crippen LogP contribution in [0.2, 0.25) is 0 Å². The zero-order valence-electron chi connectivity index (χ0n) is 17.2. The second-order valence-corrected chi connectivity index (χ2v) is 7.26. The van der Waals surface area contributed by atoms with Crippen LogP contribution in [0, 0.1) is 10.1 Å². The molecule has 0 atom stereocenters. The maximum atomic E-state index is 12.5. The number of ether oxygens (including phenoxy) is 2. The molecule has 2 aromatic rings. The summed E-state index contributed by atoms with van der Waals surface area (Å²) >= 11 is 0. The summed E-state index contributed by atoms with van der Waals surface area (Å²) in [6.45, 7) is 3.23. The van der Waals surface area contributed by atoms with Gasteiger partial charge in [0.05, 0.1) is 24.4 Å². The second-order valence-electron chi connectivity index (χ2n) is 7.26. The Bertz CT molecular complexity index is 909. The SMILES string of the molecule is CN(CCC1OCCO1)c1ncnc(N2CCN(C(=O)c3ccco3)CC2)c1[N+](=O)[O-]. The van der Waals surface area contributed by atoms with Gasteiger partial charge in [-0.3, -0.25) is 14.9 Å². The van der Waals surface area contributed by atoms with Crippen molar-refractivity contribution in [2.24, 2.45) is 0 Å². The van der Waals surface area contributed by atoms with E-state index in [4.69, 9.17) is 13.9 Å². The van der Waals surface area contributed by atoms with E-state index in [1.54, 1.807) is 29.0 Å². The number of nitrogens with zero attached hydrogens (tertiary/aromatic N) is 6. The van der Waals surface area contributed by atoms with Crippen molar-refractivity contribution in [3.8, 4) is 0 Å². The number of hydrogen-bond acceptors (Lipinski definition) is 10. The van der Waals surface area contributed by atoms with Gasteiger partial charge in [0.1, 0.15) is 6.33 Å². The molecule has 2 aliphatic rings. The Morgan fingerprint density at radius 1 is 1.26 bits per heavy atom. The van der Waals surface area contributed by atoms with Crippen LogP contribution < -0.4 is 9.80 Å². The molecule has 0 spiro atoms. The molecule has 0 aromatic carbocycles. The molecule has 2 aliphatic heterocycles. The molecule has 4 rings (SSSR count). The van der Waals surface area contributed by atoms with Crippen molar-refractivity contribution >= 4 is 23.2 Å². The minimum Gasteiger partial charge on any atom is -0.459 e. The highest BCUT2D eigenvalue weighted by molar-refractivity contribution is 5.91. The van der Waals surface area contributed by atoms with Gasteiger partial charge >= 0.3 is 5.69 Å². The van der Waals surface area contributed by atoms with Gasteiger partial charge in [0.15, 0.2) is 12.1 Å². The lowest BCUT2D eigenvalue weighted by atomic mass is 10.2. The molecule has 1 amide bonds.